The summed E-state index contributed by atoms with van der Waals surface area (Å²) in [7, 11) is 0. The topological polar surface area (TPSA) is 84.1 Å². The van der Waals surface area contributed by atoms with E-state index in [1.54, 1.807) is 36.7 Å². The van der Waals surface area contributed by atoms with Crippen LogP contribution in [0.15, 0.2) is 51.6 Å². The number of nitrogens with one attached hydrogen (secondary N) is 1. The standard InChI is InChI=1S/C13H9BrN4O2/c14-9-5-8(6-15-7-9)12-17-18-13(20-12)16-10-3-1-2-4-11(10)19/h1-7,19H,(H,16,18). The SMILES string of the molecule is Oc1ccccc1Nc1nnc(-c2cncc(Br)c2)o1. The quantitative estimate of drug-likeness (QED) is 0.715. The minimum atomic E-state index is 0.108. The molecule has 0 aliphatic carbocycles. The number of nitrogens with zero attached hydrogens (tertiary/aromatic N) is 3. The summed E-state index contributed by atoms with van der Waals surface area (Å²) in [5, 5.41) is 20.3. The molecule has 2 heterocycles. The fraction of sp³-hybridized carbons (Fsp3) is 0. The summed E-state index contributed by atoms with van der Waals surface area (Å²) >= 11 is 3.33. The lowest BCUT2D eigenvalue weighted by Crippen LogP contribution is -1.90. The van der Waals surface area contributed by atoms with Crippen LogP contribution in [0, 0.1) is 0 Å². The lowest BCUT2D eigenvalue weighted by molar-refractivity contribution is 0.477. The predicted molar refractivity (Wildman–Crippen MR) is 76.6 cm³/mol. The molecule has 3 aromatic rings. The molecule has 0 radical (unpaired) electrons. The number of pyridine rings is 1. The minimum Gasteiger partial charge on any atom is -0.506 e. The highest BCUT2D eigenvalue weighted by Gasteiger charge is 2.10. The second-order valence-electron chi connectivity index (χ2n) is 3.95. The molecule has 0 saturated heterocycles. The summed E-state index contributed by atoms with van der Waals surface area (Å²) in [5.74, 6) is 0.452. The lowest BCUT2D eigenvalue weighted by Gasteiger charge is -2.02. The maximum absolute atomic E-state index is 9.66. The number of hydrogen-bond donors (Lipinski definition) is 2. The van der Waals surface area contributed by atoms with Crippen molar-refractivity contribution in [3.8, 4) is 17.2 Å². The molecule has 1 aromatic carbocycles. The van der Waals surface area contributed by atoms with Crippen LogP contribution in [0.4, 0.5) is 11.7 Å². The Kier molecular flexibility index (Phi) is 3.34. The molecule has 7 heteroatoms. The van der Waals surface area contributed by atoms with Crippen LogP contribution < -0.4 is 5.32 Å². The van der Waals surface area contributed by atoms with Gasteiger partial charge in [-0.2, -0.15) is 0 Å². The molecule has 0 saturated carbocycles. The van der Waals surface area contributed by atoms with E-state index in [4.69, 9.17) is 4.42 Å². The number of halogens is 1. The van der Waals surface area contributed by atoms with E-state index in [9.17, 15) is 5.11 Å². The molecule has 6 nitrogen and oxygen atoms in total. The van der Waals surface area contributed by atoms with Crippen LogP contribution in [0.25, 0.3) is 11.5 Å². The van der Waals surface area contributed by atoms with Crippen LogP contribution in [-0.4, -0.2) is 20.3 Å². The van der Waals surface area contributed by atoms with E-state index in [0.717, 1.165) is 4.47 Å². The Morgan fingerprint density at radius 1 is 1.15 bits per heavy atom. The van der Waals surface area contributed by atoms with E-state index >= 15 is 0 Å². The van der Waals surface area contributed by atoms with Gasteiger partial charge in [-0.25, -0.2) is 0 Å². The normalized spacial score (nSPS) is 10.4. The number of aromatic nitrogens is 3. The summed E-state index contributed by atoms with van der Waals surface area (Å²) in [6, 6.07) is 8.81. The number of hydrogen-bond acceptors (Lipinski definition) is 6. The van der Waals surface area contributed by atoms with Gasteiger partial charge in [0.05, 0.1) is 11.3 Å². The number of phenolic OH excluding ortho intramolecular Hbond substituents is 1. The monoisotopic (exact) mass is 332 g/mol. The number of para-hydroxylation sites is 2. The highest BCUT2D eigenvalue weighted by atomic mass is 79.9. The molecular formula is C13H9BrN4O2. The zero-order valence-electron chi connectivity index (χ0n) is 10.1. The highest BCUT2D eigenvalue weighted by Crippen LogP contribution is 2.27. The highest BCUT2D eigenvalue weighted by molar-refractivity contribution is 9.10. The van der Waals surface area contributed by atoms with Gasteiger partial charge in [0, 0.05) is 16.9 Å². The fourth-order valence-corrected chi connectivity index (χ4v) is 1.98. The molecule has 0 unspecified atom stereocenters. The molecule has 100 valence electrons. The Morgan fingerprint density at radius 3 is 2.80 bits per heavy atom. The van der Waals surface area contributed by atoms with Crippen LogP contribution in [0.2, 0.25) is 0 Å². The van der Waals surface area contributed by atoms with Gasteiger partial charge in [0.25, 0.3) is 5.89 Å². The van der Waals surface area contributed by atoms with Crippen molar-refractivity contribution >= 4 is 27.6 Å². The number of aromatic hydroxyl groups is 1. The van der Waals surface area contributed by atoms with Crippen molar-refractivity contribution in [1.82, 2.24) is 15.2 Å². The molecule has 0 spiro atoms. The third-order valence-electron chi connectivity index (χ3n) is 2.52. The molecule has 0 aliphatic rings. The first kappa shape index (κ1) is 12.6. The number of rotatable bonds is 3. The minimum absolute atomic E-state index is 0.108. The third kappa shape index (κ3) is 2.62. The van der Waals surface area contributed by atoms with E-state index in [2.05, 4.69) is 36.4 Å². The Hall–Kier alpha value is -2.41. The smallest absolute Gasteiger partial charge is 0.320 e. The van der Waals surface area contributed by atoms with Crippen molar-refractivity contribution in [1.29, 1.82) is 0 Å². The van der Waals surface area contributed by atoms with Gasteiger partial charge in [-0.05, 0) is 34.1 Å². The largest absolute Gasteiger partial charge is 0.506 e. The zero-order chi connectivity index (χ0) is 13.9. The van der Waals surface area contributed by atoms with Crippen molar-refractivity contribution in [2.75, 3.05) is 5.32 Å². The van der Waals surface area contributed by atoms with Crippen molar-refractivity contribution in [3.63, 3.8) is 0 Å². The molecule has 2 N–H and O–H groups in total. The third-order valence-corrected chi connectivity index (χ3v) is 2.96. The van der Waals surface area contributed by atoms with Crippen molar-refractivity contribution < 1.29 is 9.52 Å². The first-order valence-electron chi connectivity index (χ1n) is 5.72. The van der Waals surface area contributed by atoms with Crippen LogP contribution in [0.5, 0.6) is 5.75 Å². The van der Waals surface area contributed by atoms with E-state index in [0.29, 0.717) is 17.1 Å². The number of benzene rings is 1. The van der Waals surface area contributed by atoms with Crippen LogP contribution in [-0.2, 0) is 0 Å². The molecule has 0 amide bonds. The summed E-state index contributed by atoms with van der Waals surface area (Å²) in [6.07, 6.45) is 3.29. The van der Waals surface area contributed by atoms with Gasteiger partial charge in [-0.1, -0.05) is 17.2 Å². The molecule has 20 heavy (non-hydrogen) atoms. The van der Waals surface area contributed by atoms with E-state index in [1.165, 1.54) is 0 Å². The van der Waals surface area contributed by atoms with E-state index < -0.39 is 0 Å². The molecule has 0 atom stereocenters. The Balaban J connectivity index is 1.86. The maximum Gasteiger partial charge on any atom is 0.320 e. The second-order valence-corrected chi connectivity index (χ2v) is 4.86. The van der Waals surface area contributed by atoms with Gasteiger partial charge >= 0.3 is 6.01 Å². The second kappa shape index (κ2) is 5.30. The Morgan fingerprint density at radius 2 is 2.00 bits per heavy atom. The zero-order valence-corrected chi connectivity index (χ0v) is 11.7. The van der Waals surface area contributed by atoms with Crippen LogP contribution in [0.3, 0.4) is 0 Å². The first-order valence-corrected chi connectivity index (χ1v) is 6.51. The summed E-state index contributed by atoms with van der Waals surface area (Å²) < 4.78 is 6.30. The molecule has 3 rings (SSSR count). The maximum atomic E-state index is 9.66. The van der Waals surface area contributed by atoms with Gasteiger partial charge in [-0.3, -0.25) is 4.98 Å². The fourth-order valence-electron chi connectivity index (χ4n) is 1.61. The summed E-state index contributed by atoms with van der Waals surface area (Å²) in [4.78, 5) is 4.03. The van der Waals surface area contributed by atoms with E-state index in [-0.39, 0.29) is 11.8 Å². The Bertz CT molecular complexity index is 744. The molecular weight excluding hydrogens is 324 g/mol. The molecule has 2 aromatic heterocycles. The number of phenols is 1. The molecule has 0 bridgehead atoms. The van der Waals surface area contributed by atoms with Gasteiger partial charge in [-0.15, -0.1) is 5.10 Å². The average molecular weight is 333 g/mol. The van der Waals surface area contributed by atoms with E-state index in [1.807, 2.05) is 6.07 Å². The van der Waals surface area contributed by atoms with Crippen LogP contribution in [0.1, 0.15) is 0 Å². The summed E-state index contributed by atoms with van der Waals surface area (Å²) in [5.41, 5.74) is 1.20. The Labute approximate surface area is 122 Å². The average Bonchev–Trinajstić information content (AvgIpc) is 2.90. The van der Waals surface area contributed by atoms with Crippen LogP contribution >= 0.6 is 15.9 Å². The summed E-state index contributed by atoms with van der Waals surface area (Å²) in [6.45, 7) is 0. The van der Waals surface area contributed by atoms with Gasteiger partial charge in [0.15, 0.2) is 0 Å². The van der Waals surface area contributed by atoms with Crippen molar-refractivity contribution in [3.05, 3.63) is 47.2 Å². The van der Waals surface area contributed by atoms with Gasteiger partial charge < -0.3 is 14.8 Å². The molecule has 0 fully saturated rings. The number of anilines is 2. The van der Waals surface area contributed by atoms with Gasteiger partial charge in [0.1, 0.15) is 5.75 Å². The van der Waals surface area contributed by atoms with Gasteiger partial charge in [0.2, 0.25) is 0 Å². The lowest BCUT2D eigenvalue weighted by atomic mass is 10.3. The van der Waals surface area contributed by atoms with Crippen molar-refractivity contribution in [2.24, 2.45) is 0 Å². The predicted octanol–water partition coefficient (Wildman–Crippen LogP) is 3.34. The first-order chi connectivity index (χ1) is 9.72. The van der Waals surface area contributed by atoms with Crippen molar-refractivity contribution in [2.45, 2.75) is 0 Å². The molecule has 0 aliphatic heterocycles.